The smallest absolute Gasteiger partial charge is 0.236 e. The first-order valence-electron chi connectivity index (χ1n) is 8.74. The average molecular weight is 426 g/mol. The standard InChI is InChI=1S/C20H16ClN5O2S/c21-15-8-9-17(22-11-15)23-18(27)13-29-20-25-24-19(16-7-4-10-28-16)26(20)12-14-5-2-1-3-6-14/h1-11H,12-13H2,(H,22,23,27). The fourth-order valence-corrected chi connectivity index (χ4v) is 3.50. The molecular formula is C20H16ClN5O2S. The number of carbonyl (C=O) groups excluding carboxylic acids is 1. The first-order valence-corrected chi connectivity index (χ1v) is 10.1. The van der Waals surface area contributed by atoms with Crippen LogP contribution in [-0.4, -0.2) is 31.4 Å². The van der Waals surface area contributed by atoms with Crippen LogP contribution in [0, 0.1) is 0 Å². The highest BCUT2D eigenvalue weighted by atomic mass is 35.5. The fourth-order valence-electron chi connectivity index (χ4n) is 2.65. The maximum Gasteiger partial charge on any atom is 0.236 e. The third-order valence-electron chi connectivity index (χ3n) is 3.97. The zero-order valence-electron chi connectivity index (χ0n) is 15.2. The largest absolute Gasteiger partial charge is 0.461 e. The summed E-state index contributed by atoms with van der Waals surface area (Å²) in [5, 5.41) is 12.4. The molecule has 0 aliphatic carbocycles. The van der Waals surface area contributed by atoms with Crippen LogP contribution in [0.4, 0.5) is 5.82 Å². The van der Waals surface area contributed by atoms with Crippen molar-refractivity contribution >= 4 is 35.1 Å². The van der Waals surface area contributed by atoms with E-state index in [1.54, 1.807) is 24.5 Å². The Balaban J connectivity index is 1.50. The van der Waals surface area contributed by atoms with Gasteiger partial charge in [-0.15, -0.1) is 10.2 Å². The molecule has 146 valence electrons. The summed E-state index contributed by atoms with van der Waals surface area (Å²) < 4.78 is 7.43. The number of hydrogen-bond donors (Lipinski definition) is 1. The number of anilines is 1. The lowest BCUT2D eigenvalue weighted by Crippen LogP contribution is -2.15. The van der Waals surface area contributed by atoms with Crippen molar-refractivity contribution in [3.05, 3.63) is 77.6 Å². The van der Waals surface area contributed by atoms with Gasteiger partial charge in [-0.25, -0.2) is 4.98 Å². The van der Waals surface area contributed by atoms with Gasteiger partial charge in [0.05, 0.1) is 23.6 Å². The van der Waals surface area contributed by atoms with E-state index < -0.39 is 0 Å². The number of rotatable bonds is 7. The lowest BCUT2D eigenvalue weighted by Gasteiger charge is -2.09. The summed E-state index contributed by atoms with van der Waals surface area (Å²) in [4.78, 5) is 16.4. The summed E-state index contributed by atoms with van der Waals surface area (Å²) in [6, 6.07) is 16.9. The molecule has 9 heteroatoms. The summed E-state index contributed by atoms with van der Waals surface area (Å²) in [5.41, 5.74) is 1.09. The zero-order valence-corrected chi connectivity index (χ0v) is 16.7. The van der Waals surface area contributed by atoms with Crippen LogP contribution in [0.25, 0.3) is 11.6 Å². The molecular weight excluding hydrogens is 410 g/mol. The molecule has 0 saturated carbocycles. The molecule has 4 aromatic rings. The van der Waals surface area contributed by atoms with Crippen LogP contribution >= 0.6 is 23.4 Å². The molecule has 29 heavy (non-hydrogen) atoms. The number of halogens is 1. The molecule has 0 unspecified atom stereocenters. The molecule has 0 radical (unpaired) electrons. The van der Waals surface area contributed by atoms with Crippen LogP contribution < -0.4 is 5.32 Å². The number of furan rings is 1. The van der Waals surface area contributed by atoms with E-state index in [0.29, 0.717) is 34.1 Å². The normalized spacial score (nSPS) is 10.8. The number of nitrogens with one attached hydrogen (secondary N) is 1. The Bertz CT molecular complexity index is 1080. The van der Waals surface area contributed by atoms with Crippen LogP contribution in [0.1, 0.15) is 5.56 Å². The van der Waals surface area contributed by atoms with Gasteiger partial charge in [-0.2, -0.15) is 0 Å². The Labute approximate surface area is 176 Å². The number of benzene rings is 1. The highest BCUT2D eigenvalue weighted by Gasteiger charge is 2.18. The topological polar surface area (TPSA) is 85.8 Å². The number of carbonyl (C=O) groups is 1. The third-order valence-corrected chi connectivity index (χ3v) is 5.16. The van der Waals surface area contributed by atoms with E-state index in [1.807, 2.05) is 41.0 Å². The van der Waals surface area contributed by atoms with E-state index in [9.17, 15) is 4.79 Å². The number of aromatic nitrogens is 4. The zero-order chi connectivity index (χ0) is 20.1. The Kier molecular flexibility index (Phi) is 5.92. The van der Waals surface area contributed by atoms with Crippen molar-refractivity contribution < 1.29 is 9.21 Å². The first kappa shape index (κ1) is 19.2. The maximum absolute atomic E-state index is 12.3. The van der Waals surface area contributed by atoms with Gasteiger partial charge >= 0.3 is 0 Å². The van der Waals surface area contributed by atoms with Gasteiger partial charge < -0.3 is 9.73 Å². The van der Waals surface area contributed by atoms with E-state index in [0.717, 1.165) is 5.56 Å². The number of hydrogen-bond acceptors (Lipinski definition) is 6. The first-order chi connectivity index (χ1) is 14.2. The molecule has 0 aliphatic rings. The van der Waals surface area contributed by atoms with Crippen molar-refractivity contribution in [3.63, 3.8) is 0 Å². The van der Waals surface area contributed by atoms with Gasteiger partial charge in [0.25, 0.3) is 0 Å². The minimum absolute atomic E-state index is 0.162. The number of pyridine rings is 1. The van der Waals surface area contributed by atoms with E-state index >= 15 is 0 Å². The van der Waals surface area contributed by atoms with Gasteiger partial charge in [0.15, 0.2) is 10.9 Å². The van der Waals surface area contributed by atoms with Gasteiger partial charge in [0.2, 0.25) is 11.7 Å². The van der Waals surface area contributed by atoms with Crippen LogP contribution in [0.15, 0.2) is 76.6 Å². The predicted molar refractivity (Wildman–Crippen MR) is 112 cm³/mol. The van der Waals surface area contributed by atoms with E-state index in [4.69, 9.17) is 16.0 Å². The second-order valence-electron chi connectivity index (χ2n) is 6.05. The van der Waals surface area contributed by atoms with E-state index in [-0.39, 0.29) is 11.7 Å². The van der Waals surface area contributed by atoms with Crippen molar-refractivity contribution in [3.8, 4) is 11.6 Å². The van der Waals surface area contributed by atoms with Gasteiger partial charge in [0, 0.05) is 6.20 Å². The van der Waals surface area contributed by atoms with Gasteiger partial charge in [0.1, 0.15) is 5.82 Å². The third kappa shape index (κ3) is 4.85. The molecule has 0 aliphatic heterocycles. The van der Waals surface area contributed by atoms with Gasteiger partial charge in [-0.1, -0.05) is 53.7 Å². The van der Waals surface area contributed by atoms with E-state index in [2.05, 4.69) is 20.5 Å². The molecule has 0 saturated heterocycles. The summed E-state index contributed by atoms with van der Waals surface area (Å²) in [6.07, 6.45) is 3.08. The predicted octanol–water partition coefficient (Wildman–Crippen LogP) is 4.37. The van der Waals surface area contributed by atoms with Crippen LogP contribution in [-0.2, 0) is 11.3 Å². The molecule has 0 bridgehead atoms. The molecule has 0 fully saturated rings. The van der Waals surface area contributed by atoms with Crippen LogP contribution in [0.5, 0.6) is 0 Å². The van der Waals surface area contributed by atoms with E-state index in [1.165, 1.54) is 18.0 Å². The Morgan fingerprint density at radius 2 is 1.97 bits per heavy atom. The Morgan fingerprint density at radius 1 is 1.10 bits per heavy atom. The summed E-state index contributed by atoms with van der Waals surface area (Å²) in [5.74, 6) is 1.65. The summed E-state index contributed by atoms with van der Waals surface area (Å²) in [7, 11) is 0. The number of amides is 1. The van der Waals surface area contributed by atoms with Gasteiger partial charge in [-0.05, 0) is 29.8 Å². The Morgan fingerprint density at radius 3 is 2.69 bits per heavy atom. The second-order valence-corrected chi connectivity index (χ2v) is 7.43. The monoisotopic (exact) mass is 425 g/mol. The lowest BCUT2D eigenvalue weighted by molar-refractivity contribution is -0.113. The quantitative estimate of drug-likeness (QED) is 0.442. The van der Waals surface area contributed by atoms with Crippen molar-refractivity contribution in [2.45, 2.75) is 11.7 Å². The maximum atomic E-state index is 12.3. The SMILES string of the molecule is O=C(CSc1nnc(-c2ccco2)n1Cc1ccccc1)Nc1ccc(Cl)cn1. The molecule has 1 N–H and O–H groups in total. The highest BCUT2D eigenvalue weighted by Crippen LogP contribution is 2.25. The molecule has 0 atom stereocenters. The molecule has 1 amide bonds. The van der Waals surface area contributed by atoms with Crippen molar-refractivity contribution in [1.82, 2.24) is 19.7 Å². The molecule has 0 spiro atoms. The molecule has 7 nitrogen and oxygen atoms in total. The molecule has 4 rings (SSSR count). The summed E-state index contributed by atoms with van der Waals surface area (Å²) in [6.45, 7) is 0.562. The minimum Gasteiger partial charge on any atom is -0.461 e. The summed E-state index contributed by atoms with van der Waals surface area (Å²) >= 11 is 7.11. The van der Waals surface area contributed by atoms with Crippen LogP contribution in [0.3, 0.4) is 0 Å². The number of nitrogens with zero attached hydrogens (tertiary/aromatic N) is 4. The lowest BCUT2D eigenvalue weighted by atomic mass is 10.2. The second kappa shape index (κ2) is 8.93. The average Bonchev–Trinajstić information content (AvgIpc) is 3.39. The molecule has 3 heterocycles. The van der Waals surface area contributed by atoms with Crippen molar-refractivity contribution in [2.75, 3.05) is 11.1 Å². The number of thioether (sulfide) groups is 1. The fraction of sp³-hybridized carbons (Fsp3) is 0.100. The van der Waals surface area contributed by atoms with Crippen LogP contribution in [0.2, 0.25) is 5.02 Å². The Hall–Kier alpha value is -3.10. The minimum atomic E-state index is -0.196. The molecule has 3 aromatic heterocycles. The van der Waals surface area contributed by atoms with Gasteiger partial charge in [-0.3, -0.25) is 9.36 Å². The molecule has 1 aromatic carbocycles. The van der Waals surface area contributed by atoms with Crippen molar-refractivity contribution in [2.24, 2.45) is 0 Å². The highest BCUT2D eigenvalue weighted by molar-refractivity contribution is 7.99. The van der Waals surface area contributed by atoms with Crippen molar-refractivity contribution in [1.29, 1.82) is 0 Å².